The van der Waals surface area contributed by atoms with Crippen LogP contribution in [-0.2, 0) is 9.59 Å². The predicted molar refractivity (Wildman–Crippen MR) is 179 cm³/mol. The first-order chi connectivity index (χ1) is 22.8. The zero-order chi connectivity index (χ0) is 35.0. The van der Waals surface area contributed by atoms with Gasteiger partial charge in [0.2, 0.25) is 5.91 Å². The first kappa shape index (κ1) is 35.7. The van der Waals surface area contributed by atoms with Gasteiger partial charge in [0.15, 0.2) is 0 Å². The molecule has 0 unspecified atom stereocenters. The van der Waals surface area contributed by atoms with Crippen molar-refractivity contribution in [1.82, 2.24) is 5.32 Å². The molecule has 0 saturated heterocycles. The van der Waals surface area contributed by atoms with Crippen LogP contribution in [0.1, 0.15) is 76.2 Å². The third-order valence-electron chi connectivity index (χ3n) is 8.10. The van der Waals surface area contributed by atoms with Gasteiger partial charge < -0.3 is 20.5 Å². The number of rotatable bonds is 13. The molecule has 3 N–H and O–H groups in total. The third kappa shape index (κ3) is 9.47. The summed E-state index contributed by atoms with van der Waals surface area (Å²) in [6.45, 7) is 8.13. The van der Waals surface area contributed by atoms with Gasteiger partial charge in [-0.25, -0.2) is 0 Å². The molecule has 10 heteroatoms. The lowest BCUT2D eigenvalue weighted by molar-refractivity contribution is -0.274. The molecule has 0 aromatic heterocycles. The monoisotopic (exact) mass is 660 g/mol. The van der Waals surface area contributed by atoms with Crippen LogP contribution in [0.15, 0.2) is 84.9 Å². The standard InChI is InChI=1S/C38H39F3N2O5/c1-5-6-32(26-7-9-29(10-8-26)36(46)42-20-19-33(44)45)35(28-13-17-31(18-14-28)48-38(39,40)41)37(47)43-30-15-11-27(12-16-30)34-24(3)21-23(2)22-25(34)4/h7-18,21-22,32,35H,5-6,19-20H2,1-4H3,(H,42,46)(H,43,47)(H,44,45)/t32-,35-/m0/s1. The van der Waals surface area contributed by atoms with Crippen LogP contribution in [0.2, 0.25) is 0 Å². The van der Waals surface area contributed by atoms with Crippen LogP contribution in [0.3, 0.4) is 0 Å². The molecule has 0 heterocycles. The average molecular weight is 661 g/mol. The molecule has 7 nitrogen and oxygen atoms in total. The van der Waals surface area contributed by atoms with E-state index < -0.39 is 35.8 Å². The number of anilines is 1. The van der Waals surface area contributed by atoms with Gasteiger partial charge in [-0.1, -0.05) is 67.4 Å². The Labute approximate surface area is 278 Å². The van der Waals surface area contributed by atoms with E-state index in [4.69, 9.17) is 5.11 Å². The van der Waals surface area contributed by atoms with Crippen LogP contribution in [0.25, 0.3) is 11.1 Å². The molecule has 4 aromatic rings. The number of hydrogen-bond donors (Lipinski definition) is 3. The van der Waals surface area contributed by atoms with Crippen molar-refractivity contribution in [1.29, 1.82) is 0 Å². The van der Waals surface area contributed by atoms with Gasteiger partial charge in [0.05, 0.1) is 12.3 Å². The zero-order valence-electron chi connectivity index (χ0n) is 27.3. The Morgan fingerprint density at radius 1 is 0.833 bits per heavy atom. The molecule has 2 atom stereocenters. The number of alkyl halides is 3. The number of aliphatic carboxylic acids is 1. The van der Waals surface area contributed by atoms with E-state index in [1.165, 1.54) is 29.8 Å². The maximum atomic E-state index is 14.1. The normalized spacial score (nSPS) is 12.6. The van der Waals surface area contributed by atoms with Gasteiger partial charge in [0.1, 0.15) is 5.75 Å². The molecule has 0 fully saturated rings. The minimum atomic E-state index is -4.85. The van der Waals surface area contributed by atoms with Crippen molar-refractivity contribution >= 4 is 23.5 Å². The van der Waals surface area contributed by atoms with Crippen LogP contribution in [-0.4, -0.2) is 35.8 Å². The summed E-state index contributed by atoms with van der Waals surface area (Å²) in [6, 6.07) is 23.8. The van der Waals surface area contributed by atoms with Crippen LogP contribution in [0.4, 0.5) is 18.9 Å². The Morgan fingerprint density at radius 3 is 1.96 bits per heavy atom. The van der Waals surface area contributed by atoms with E-state index in [0.717, 1.165) is 27.8 Å². The third-order valence-corrected chi connectivity index (χ3v) is 8.10. The lowest BCUT2D eigenvalue weighted by Gasteiger charge is -2.28. The smallest absolute Gasteiger partial charge is 0.481 e. The second kappa shape index (κ2) is 15.6. The van der Waals surface area contributed by atoms with E-state index in [1.54, 1.807) is 24.3 Å². The van der Waals surface area contributed by atoms with Crippen molar-refractivity contribution < 1.29 is 37.4 Å². The number of benzene rings is 4. The van der Waals surface area contributed by atoms with Crippen molar-refractivity contribution in [3.63, 3.8) is 0 Å². The second-order valence-corrected chi connectivity index (χ2v) is 11.9. The number of halogens is 3. The maximum absolute atomic E-state index is 14.1. The number of nitrogens with one attached hydrogen (secondary N) is 2. The predicted octanol–water partition coefficient (Wildman–Crippen LogP) is 8.69. The van der Waals surface area contributed by atoms with Gasteiger partial charge in [-0.3, -0.25) is 14.4 Å². The fourth-order valence-electron chi connectivity index (χ4n) is 6.12. The van der Waals surface area contributed by atoms with Crippen molar-refractivity contribution in [2.24, 2.45) is 0 Å². The largest absolute Gasteiger partial charge is 0.573 e. The van der Waals surface area contributed by atoms with Crippen LogP contribution in [0, 0.1) is 20.8 Å². The summed E-state index contributed by atoms with van der Waals surface area (Å²) >= 11 is 0. The SMILES string of the molecule is CCC[C@@H](c1ccc(C(=O)NCCC(=O)O)cc1)[C@@H](C(=O)Nc1ccc(-c2c(C)cc(C)cc2C)cc1)c1ccc(OC(F)(F)F)cc1. The van der Waals surface area contributed by atoms with E-state index in [-0.39, 0.29) is 18.9 Å². The molecule has 0 aliphatic rings. The van der Waals surface area contributed by atoms with E-state index in [1.807, 2.05) is 31.2 Å². The molecule has 4 rings (SSSR count). The first-order valence-electron chi connectivity index (χ1n) is 15.7. The highest BCUT2D eigenvalue weighted by Gasteiger charge is 2.33. The highest BCUT2D eigenvalue weighted by atomic mass is 19.4. The number of carbonyl (C=O) groups is 3. The van der Waals surface area contributed by atoms with Crippen molar-refractivity contribution in [3.8, 4) is 16.9 Å². The van der Waals surface area contributed by atoms with Crippen LogP contribution in [0.5, 0.6) is 5.75 Å². The highest BCUT2D eigenvalue weighted by molar-refractivity contribution is 5.97. The topological polar surface area (TPSA) is 105 Å². The Bertz CT molecular complexity index is 1710. The summed E-state index contributed by atoms with van der Waals surface area (Å²) in [5.41, 5.74) is 7.76. The van der Waals surface area contributed by atoms with Gasteiger partial charge in [-0.05, 0) is 103 Å². The quantitative estimate of drug-likeness (QED) is 0.133. The first-order valence-corrected chi connectivity index (χ1v) is 15.7. The number of carboxylic acids is 1. The fraction of sp³-hybridized carbons (Fsp3) is 0.289. The maximum Gasteiger partial charge on any atom is 0.573 e. The number of aryl methyl sites for hydroxylation is 3. The fourth-order valence-corrected chi connectivity index (χ4v) is 6.12. The molecule has 48 heavy (non-hydrogen) atoms. The van der Waals surface area contributed by atoms with Crippen LogP contribution < -0.4 is 15.4 Å². The minimum Gasteiger partial charge on any atom is -0.481 e. The molecule has 0 bridgehead atoms. The number of carbonyl (C=O) groups excluding carboxylic acids is 2. The van der Waals surface area contributed by atoms with Gasteiger partial charge in [0, 0.05) is 17.8 Å². The van der Waals surface area contributed by atoms with Gasteiger partial charge in [0.25, 0.3) is 5.91 Å². The van der Waals surface area contributed by atoms with Gasteiger partial charge in [-0.15, -0.1) is 13.2 Å². The summed E-state index contributed by atoms with van der Waals surface area (Å²) in [5, 5.41) is 14.4. The minimum absolute atomic E-state index is 0.0180. The summed E-state index contributed by atoms with van der Waals surface area (Å²) in [4.78, 5) is 37.5. The highest BCUT2D eigenvalue weighted by Crippen LogP contribution is 2.39. The second-order valence-electron chi connectivity index (χ2n) is 11.9. The number of ether oxygens (including phenoxy) is 1. The lowest BCUT2D eigenvalue weighted by Crippen LogP contribution is -2.27. The Balaban J connectivity index is 1.65. The summed E-state index contributed by atoms with van der Waals surface area (Å²) < 4.78 is 42.7. The molecule has 0 radical (unpaired) electrons. The van der Waals surface area contributed by atoms with Crippen molar-refractivity contribution in [3.05, 3.63) is 118 Å². The van der Waals surface area contributed by atoms with Gasteiger partial charge in [-0.2, -0.15) is 0 Å². The van der Waals surface area contributed by atoms with Crippen LogP contribution >= 0.6 is 0 Å². The lowest BCUT2D eigenvalue weighted by atomic mass is 9.78. The van der Waals surface area contributed by atoms with E-state index in [9.17, 15) is 27.6 Å². The van der Waals surface area contributed by atoms with E-state index in [0.29, 0.717) is 29.7 Å². The van der Waals surface area contributed by atoms with Crippen molar-refractivity contribution in [2.75, 3.05) is 11.9 Å². The molecule has 0 aliphatic carbocycles. The molecule has 4 aromatic carbocycles. The van der Waals surface area contributed by atoms with Gasteiger partial charge >= 0.3 is 12.3 Å². The Morgan fingerprint density at radius 2 is 1.42 bits per heavy atom. The molecular formula is C38H39F3N2O5. The molecule has 252 valence electrons. The van der Waals surface area contributed by atoms with E-state index >= 15 is 0 Å². The average Bonchev–Trinajstić information content (AvgIpc) is 3.01. The van der Waals surface area contributed by atoms with Crippen molar-refractivity contribution in [2.45, 2.75) is 65.2 Å². The Hall–Kier alpha value is -5.12. The summed E-state index contributed by atoms with van der Waals surface area (Å²) in [6.07, 6.45) is -3.80. The Kier molecular flexibility index (Phi) is 11.6. The summed E-state index contributed by atoms with van der Waals surface area (Å²) in [5.74, 6) is -3.39. The molecule has 0 spiro atoms. The number of carboxylic acid groups (broad SMARTS) is 1. The molecule has 0 aliphatic heterocycles. The molecular weight excluding hydrogens is 621 g/mol. The molecule has 0 saturated carbocycles. The zero-order valence-corrected chi connectivity index (χ0v) is 27.3. The summed E-state index contributed by atoms with van der Waals surface area (Å²) in [7, 11) is 0. The number of hydrogen-bond acceptors (Lipinski definition) is 4. The number of amides is 2. The van der Waals surface area contributed by atoms with E-state index in [2.05, 4.69) is 48.3 Å². The molecule has 2 amide bonds.